The minimum Gasteiger partial charge on any atom is -0.481 e. The molecule has 2 rings (SSSR count). The van der Waals surface area contributed by atoms with Gasteiger partial charge in [0.05, 0.1) is 4.90 Å². The second-order valence-electron chi connectivity index (χ2n) is 7.92. The van der Waals surface area contributed by atoms with Crippen molar-refractivity contribution in [3.63, 3.8) is 0 Å². The quantitative estimate of drug-likeness (QED) is 0.479. The van der Waals surface area contributed by atoms with Crippen molar-refractivity contribution in [1.82, 2.24) is 5.32 Å². The summed E-state index contributed by atoms with van der Waals surface area (Å²) in [6, 6.07) is 12.3. The zero-order chi connectivity index (χ0) is 23.8. The van der Waals surface area contributed by atoms with Gasteiger partial charge in [-0.05, 0) is 57.5 Å². The van der Waals surface area contributed by atoms with Crippen LogP contribution in [0.2, 0.25) is 0 Å². The van der Waals surface area contributed by atoms with E-state index in [1.54, 1.807) is 39.8 Å². The van der Waals surface area contributed by atoms with Crippen LogP contribution in [0.4, 0.5) is 4.79 Å². The summed E-state index contributed by atoms with van der Waals surface area (Å²) in [4.78, 5) is 24.3. The van der Waals surface area contributed by atoms with E-state index in [1.807, 2.05) is 0 Å². The molecule has 7 nitrogen and oxygen atoms in total. The van der Waals surface area contributed by atoms with Crippen molar-refractivity contribution in [2.45, 2.75) is 44.7 Å². The van der Waals surface area contributed by atoms with Crippen LogP contribution in [-0.2, 0) is 21.1 Å². The molecule has 32 heavy (non-hydrogen) atoms. The van der Waals surface area contributed by atoms with Gasteiger partial charge in [0.25, 0.3) is 0 Å². The van der Waals surface area contributed by atoms with Crippen molar-refractivity contribution >= 4 is 21.7 Å². The summed E-state index contributed by atoms with van der Waals surface area (Å²) >= 11 is 0. The molecule has 0 aliphatic carbocycles. The van der Waals surface area contributed by atoms with Crippen LogP contribution in [-0.4, -0.2) is 38.3 Å². The highest BCUT2D eigenvalue weighted by Gasteiger charge is 2.21. The maximum Gasteiger partial charge on any atom is 0.407 e. The number of carbonyl (C=O) groups is 2. The first kappa shape index (κ1) is 25.0. The molecule has 1 amide bonds. The lowest BCUT2D eigenvalue weighted by Gasteiger charge is -2.19. The van der Waals surface area contributed by atoms with Crippen molar-refractivity contribution < 1.29 is 27.5 Å². The number of hydrogen-bond donors (Lipinski definition) is 1. The number of nitrogens with one attached hydrogen (secondary N) is 1. The Kier molecular flexibility index (Phi) is 8.44. The van der Waals surface area contributed by atoms with Crippen LogP contribution >= 0.6 is 0 Å². The predicted molar refractivity (Wildman–Crippen MR) is 121 cm³/mol. The summed E-state index contributed by atoms with van der Waals surface area (Å²) in [6.45, 7) is 7.44. The van der Waals surface area contributed by atoms with Gasteiger partial charge in [0, 0.05) is 12.1 Å². The topological polar surface area (TPSA) is 98.8 Å². The molecule has 0 aliphatic rings. The van der Waals surface area contributed by atoms with Gasteiger partial charge in [0.2, 0.25) is 0 Å². The van der Waals surface area contributed by atoms with Gasteiger partial charge in [-0.25, -0.2) is 13.2 Å². The number of Topliss-reactive ketones (excluding diaryl/α,β-unsaturated/α-hetero) is 1. The Morgan fingerprint density at radius 1 is 1.00 bits per heavy atom. The molecule has 170 valence electrons. The first-order chi connectivity index (χ1) is 15.0. The van der Waals surface area contributed by atoms with Crippen molar-refractivity contribution in [1.29, 1.82) is 0 Å². The third-order valence-corrected chi connectivity index (χ3v) is 5.74. The molecule has 8 heteroatoms. The number of amides is 1. The molecule has 0 heterocycles. The summed E-state index contributed by atoms with van der Waals surface area (Å²) in [5.41, 5.74) is 0.425. The van der Waals surface area contributed by atoms with Crippen molar-refractivity contribution in [3.8, 4) is 17.6 Å². The number of ketones is 1. The van der Waals surface area contributed by atoms with E-state index in [9.17, 15) is 18.0 Å². The molecule has 0 radical (unpaired) electrons. The van der Waals surface area contributed by atoms with Crippen LogP contribution in [0.15, 0.2) is 53.4 Å². The van der Waals surface area contributed by atoms with Gasteiger partial charge in [-0.15, -0.1) is 5.92 Å². The number of rotatable bonds is 8. The molecule has 0 aromatic heterocycles. The molecule has 0 bridgehead atoms. The van der Waals surface area contributed by atoms with Gasteiger partial charge in [-0.2, -0.15) is 0 Å². The van der Waals surface area contributed by atoms with E-state index >= 15 is 0 Å². The zero-order valence-electron chi connectivity index (χ0n) is 18.6. The van der Waals surface area contributed by atoms with Crippen molar-refractivity contribution in [2.75, 3.05) is 12.4 Å². The third kappa shape index (κ3) is 8.08. The summed E-state index contributed by atoms with van der Waals surface area (Å²) in [5, 5.41) is 2.62. The highest BCUT2D eigenvalue weighted by atomic mass is 32.2. The Labute approximate surface area is 189 Å². The molecule has 0 spiro atoms. The van der Waals surface area contributed by atoms with E-state index in [-0.39, 0.29) is 23.6 Å². The lowest BCUT2D eigenvalue weighted by molar-refractivity contribution is 0.0523. The van der Waals surface area contributed by atoms with E-state index < -0.39 is 33.1 Å². The summed E-state index contributed by atoms with van der Waals surface area (Å²) in [5.74, 6) is 4.78. The van der Waals surface area contributed by atoms with E-state index in [4.69, 9.17) is 9.47 Å². The molecule has 0 saturated heterocycles. The second-order valence-corrected chi connectivity index (χ2v) is 9.91. The fourth-order valence-corrected chi connectivity index (χ4v) is 3.80. The highest BCUT2D eigenvalue weighted by molar-refractivity contribution is 7.92. The van der Waals surface area contributed by atoms with E-state index in [0.717, 1.165) is 5.56 Å². The number of alkyl carbamates (subject to hydrolysis) is 1. The van der Waals surface area contributed by atoms with E-state index in [2.05, 4.69) is 17.2 Å². The Hall–Kier alpha value is -3.31. The van der Waals surface area contributed by atoms with Crippen LogP contribution in [0.3, 0.4) is 0 Å². The monoisotopic (exact) mass is 457 g/mol. The number of hydrogen-bond acceptors (Lipinski definition) is 6. The van der Waals surface area contributed by atoms with Crippen LogP contribution in [0.25, 0.3) is 0 Å². The molecule has 0 unspecified atom stereocenters. The Balaban J connectivity index is 1.96. The Bertz CT molecular complexity index is 1100. The number of benzene rings is 2. The normalized spacial score (nSPS) is 11.1. The Morgan fingerprint density at radius 3 is 2.19 bits per heavy atom. The average Bonchev–Trinajstić information content (AvgIpc) is 2.72. The van der Waals surface area contributed by atoms with Crippen LogP contribution in [0.1, 0.15) is 43.6 Å². The highest BCUT2D eigenvalue weighted by Crippen LogP contribution is 2.18. The first-order valence-corrected chi connectivity index (χ1v) is 11.6. The standard InChI is InChI=1S/C24H27NO6S/c1-5-6-15-30-20-11-13-21(14-12-20)32(28,29)17-22(26)19-9-7-18(8-10-19)16-25-23(27)31-24(2,3)4/h7-14H,15-17H2,1-4H3,(H,25,27). The van der Waals surface area contributed by atoms with E-state index in [1.165, 1.54) is 36.4 Å². The van der Waals surface area contributed by atoms with Crippen molar-refractivity contribution in [3.05, 3.63) is 59.7 Å². The maximum absolute atomic E-state index is 12.6. The molecular formula is C24H27NO6S. The molecule has 1 N–H and O–H groups in total. The first-order valence-electron chi connectivity index (χ1n) is 9.94. The smallest absolute Gasteiger partial charge is 0.407 e. The third-order valence-electron chi connectivity index (χ3n) is 4.10. The summed E-state index contributed by atoms with van der Waals surface area (Å²) in [6.07, 6.45) is -0.543. The number of sulfone groups is 1. The lowest BCUT2D eigenvalue weighted by atomic mass is 10.1. The second kappa shape index (κ2) is 10.8. The molecule has 0 fully saturated rings. The van der Waals surface area contributed by atoms with Crippen molar-refractivity contribution in [2.24, 2.45) is 0 Å². The SMILES string of the molecule is CC#CCOc1ccc(S(=O)(=O)CC(=O)c2ccc(CNC(=O)OC(C)(C)C)cc2)cc1. The molecule has 0 atom stereocenters. The summed E-state index contributed by atoms with van der Waals surface area (Å²) < 4.78 is 35.7. The van der Waals surface area contributed by atoms with Gasteiger partial charge in [-0.1, -0.05) is 30.2 Å². The fourth-order valence-electron chi connectivity index (χ4n) is 2.57. The Morgan fingerprint density at radius 2 is 1.62 bits per heavy atom. The van der Waals surface area contributed by atoms with Gasteiger partial charge in [0.15, 0.2) is 15.6 Å². The number of carbonyl (C=O) groups excluding carboxylic acids is 2. The molecule has 0 aliphatic heterocycles. The molecule has 0 saturated carbocycles. The molecule has 2 aromatic carbocycles. The lowest BCUT2D eigenvalue weighted by Crippen LogP contribution is -2.32. The minimum atomic E-state index is -3.81. The van der Waals surface area contributed by atoms with Gasteiger partial charge in [-0.3, -0.25) is 4.79 Å². The van der Waals surface area contributed by atoms with Crippen LogP contribution in [0.5, 0.6) is 5.75 Å². The number of ether oxygens (including phenoxy) is 2. The average molecular weight is 458 g/mol. The largest absolute Gasteiger partial charge is 0.481 e. The van der Waals surface area contributed by atoms with Crippen LogP contribution in [0, 0.1) is 11.8 Å². The van der Waals surface area contributed by atoms with Gasteiger partial charge >= 0.3 is 6.09 Å². The molecular weight excluding hydrogens is 430 g/mol. The zero-order valence-corrected chi connectivity index (χ0v) is 19.4. The minimum absolute atomic E-state index is 0.0398. The van der Waals surface area contributed by atoms with Gasteiger partial charge < -0.3 is 14.8 Å². The molecule has 2 aromatic rings. The van der Waals surface area contributed by atoms with Gasteiger partial charge in [0.1, 0.15) is 23.7 Å². The fraction of sp³-hybridized carbons (Fsp3) is 0.333. The van der Waals surface area contributed by atoms with Crippen LogP contribution < -0.4 is 10.1 Å². The maximum atomic E-state index is 12.6. The summed E-state index contributed by atoms with van der Waals surface area (Å²) in [7, 11) is -3.81. The van der Waals surface area contributed by atoms with E-state index in [0.29, 0.717) is 5.75 Å². The predicted octanol–water partition coefficient (Wildman–Crippen LogP) is 3.77.